The SMILES string of the molecule is O=C(NCc1ccc(-c2ccc(C#C[C@H]3CCCN3C(=O)OCc3ccccc3)cc2)cc1)C1CC1. The van der Waals surface area contributed by atoms with Gasteiger partial charge in [-0.1, -0.05) is 78.6 Å². The molecule has 1 N–H and O–H groups in total. The van der Waals surface area contributed by atoms with E-state index in [-0.39, 0.29) is 30.6 Å². The van der Waals surface area contributed by atoms with Crippen molar-refractivity contribution in [3.63, 3.8) is 0 Å². The minimum Gasteiger partial charge on any atom is -0.445 e. The lowest BCUT2D eigenvalue weighted by molar-refractivity contribution is -0.122. The molecule has 1 heterocycles. The average Bonchev–Trinajstić information content (AvgIpc) is 3.68. The van der Waals surface area contributed by atoms with Crippen LogP contribution in [0.1, 0.15) is 42.4 Å². The van der Waals surface area contributed by atoms with Gasteiger partial charge in [-0.2, -0.15) is 0 Å². The molecule has 5 rings (SSSR count). The molecule has 5 heteroatoms. The quantitative estimate of drug-likeness (QED) is 0.474. The number of hydrogen-bond acceptors (Lipinski definition) is 3. The van der Waals surface area contributed by atoms with E-state index in [1.165, 1.54) is 0 Å². The maximum atomic E-state index is 12.6. The molecule has 0 unspecified atom stereocenters. The highest BCUT2D eigenvalue weighted by atomic mass is 16.6. The number of rotatable bonds is 6. The number of ether oxygens (including phenoxy) is 1. The predicted molar refractivity (Wildman–Crippen MR) is 140 cm³/mol. The van der Waals surface area contributed by atoms with Crippen LogP contribution in [0.25, 0.3) is 11.1 Å². The van der Waals surface area contributed by atoms with Gasteiger partial charge in [0.2, 0.25) is 5.91 Å². The Balaban J connectivity index is 1.15. The molecule has 3 aromatic rings. The van der Waals surface area contributed by atoms with Crippen molar-refractivity contribution in [2.75, 3.05) is 6.54 Å². The van der Waals surface area contributed by atoms with E-state index in [9.17, 15) is 9.59 Å². The Morgan fingerprint density at radius 1 is 0.861 bits per heavy atom. The van der Waals surface area contributed by atoms with Gasteiger partial charge >= 0.3 is 6.09 Å². The van der Waals surface area contributed by atoms with Crippen molar-refractivity contribution in [1.82, 2.24) is 10.2 Å². The zero-order valence-corrected chi connectivity index (χ0v) is 20.3. The fourth-order valence-electron chi connectivity index (χ4n) is 4.34. The molecule has 1 aliphatic carbocycles. The fraction of sp³-hybridized carbons (Fsp3) is 0.290. The van der Waals surface area contributed by atoms with Gasteiger partial charge in [0, 0.05) is 24.6 Å². The van der Waals surface area contributed by atoms with E-state index in [2.05, 4.69) is 53.6 Å². The lowest BCUT2D eigenvalue weighted by atomic mass is 10.0. The number of carbonyl (C=O) groups excluding carboxylic acids is 2. The molecule has 182 valence electrons. The second-order valence-corrected chi connectivity index (χ2v) is 9.43. The summed E-state index contributed by atoms with van der Waals surface area (Å²) in [6, 6.07) is 26.0. The first kappa shape index (κ1) is 23.7. The van der Waals surface area contributed by atoms with Gasteiger partial charge in [-0.05, 0) is 60.1 Å². The van der Waals surface area contributed by atoms with E-state index in [1.54, 1.807) is 4.90 Å². The molecule has 2 aliphatic rings. The van der Waals surface area contributed by atoms with Crippen molar-refractivity contribution in [3.8, 4) is 23.0 Å². The van der Waals surface area contributed by atoms with Crippen molar-refractivity contribution in [2.45, 2.75) is 44.9 Å². The highest BCUT2D eigenvalue weighted by molar-refractivity contribution is 5.80. The van der Waals surface area contributed by atoms with Crippen molar-refractivity contribution >= 4 is 12.0 Å². The van der Waals surface area contributed by atoms with Crippen LogP contribution in [0.4, 0.5) is 4.79 Å². The zero-order chi connectivity index (χ0) is 24.7. The monoisotopic (exact) mass is 478 g/mol. The lowest BCUT2D eigenvalue weighted by Crippen LogP contribution is -2.35. The Morgan fingerprint density at radius 2 is 1.56 bits per heavy atom. The fourth-order valence-corrected chi connectivity index (χ4v) is 4.34. The van der Waals surface area contributed by atoms with Gasteiger partial charge in [0.25, 0.3) is 0 Å². The van der Waals surface area contributed by atoms with Crippen molar-refractivity contribution < 1.29 is 14.3 Å². The molecule has 1 saturated heterocycles. The number of amides is 2. The number of nitrogens with one attached hydrogen (secondary N) is 1. The van der Waals surface area contributed by atoms with Crippen LogP contribution >= 0.6 is 0 Å². The van der Waals surface area contributed by atoms with Crippen LogP contribution in [0.5, 0.6) is 0 Å². The maximum Gasteiger partial charge on any atom is 0.411 e. The summed E-state index contributed by atoms with van der Waals surface area (Å²) in [4.78, 5) is 26.1. The van der Waals surface area contributed by atoms with Crippen LogP contribution < -0.4 is 5.32 Å². The van der Waals surface area contributed by atoms with Crippen molar-refractivity contribution in [2.24, 2.45) is 5.92 Å². The Hall–Kier alpha value is -4.04. The van der Waals surface area contributed by atoms with Crippen LogP contribution in [0.2, 0.25) is 0 Å². The Labute approximate surface area is 212 Å². The summed E-state index contributed by atoms with van der Waals surface area (Å²) in [6.07, 6.45) is 3.52. The average molecular weight is 479 g/mol. The lowest BCUT2D eigenvalue weighted by Gasteiger charge is -2.20. The minimum atomic E-state index is -0.304. The molecule has 1 atom stereocenters. The van der Waals surface area contributed by atoms with E-state index in [0.29, 0.717) is 13.1 Å². The van der Waals surface area contributed by atoms with Gasteiger partial charge < -0.3 is 10.1 Å². The van der Waals surface area contributed by atoms with Crippen LogP contribution in [0, 0.1) is 17.8 Å². The standard InChI is InChI=1S/C31H30N2O3/c34-30(28-17-18-28)32-21-24-10-15-27(16-11-24)26-13-8-23(9-14-26)12-19-29-7-4-20-33(29)31(35)36-22-25-5-2-1-3-6-25/h1-3,5-6,8-11,13-16,28-29H,4,7,17-18,20-22H2,(H,32,34)/t29-/m1/s1. The molecular formula is C31H30N2O3. The molecule has 1 aliphatic heterocycles. The summed E-state index contributed by atoms with van der Waals surface area (Å²) in [5, 5.41) is 3.00. The zero-order valence-electron chi connectivity index (χ0n) is 20.3. The van der Waals surface area contributed by atoms with Crippen molar-refractivity contribution in [3.05, 3.63) is 95.6 Å². The molecule has 3 aromatic carbocycles. The predicted octanol–water partition coefficient (Wildman–Crippen LogP) is 5.53. The molecular weight excluding hydrogens is 448 g/mol. The van der Waals surface area contributed by atoms with Crippen LogP contribution in [0.3, 0.4) is 0 Å². The molecule has 5 nitrogen and oxygen atoms in total. The highest BCUT2D eigenvalue weighted by Gasteiger charge is 2.29. The summed E-state index contributed by atoms with van der Waals surface area (Å²) < 4.78 is 5.51. The molecule has 1 saturated carbocycles. The van der Waals surface area contributed by atoms with Crippen LogP contribution in [-0.2, 0) is 22.7 Å². The first-order valence-electron chi connectivity index (χ1n) is 12.6. The van der Waals surface area contributed by atoms with Crippen LogP contribution in [-0.4, -0.2) is 29.5 Å². The molecule has 36 heavy (non-hydrogen) atoms. The first-order valence-corrected chi connectivity index (χ1v) is 12.6. The summed E-state index contributed by atoms with van der Waals surface area (Å²) in [6.45, 7) is 1.52. The summed E-state index contributed by atoms with van der Waals surface area (Å²) >= 11 is 0. The topological polar surface area (TPSA) is 58.6 Å². The van der Waals surface area contributed by atoms with Crippen molar-refractivity contribution in [1.29, 1.82) is 0 Å². The molecule has 0 aromatic heterocycles. The molecule has 2 fully saturated rings. The second kappa shape index (κ2) is 11.1. The van der Waals surface area contributed by atoms with Gasteiger partial charge in [-0.3, -0.25) is 9.69 Å². The Kier molecular flexibility index (Phi) is 7.33. The highest BCUT2D eigenvalue weighted by Crippen LogP contribution is 2.29. The maximum absolute atomic E-state index is 12.6. The molecule has 0 bridgehead atoms. The van der Waals surface area contributed by atoms with E-state index in [0.717, 1.165) is 53.5 Å². The summed E-state index contributed by atoms with van der Waals surface area (Å²) in [5.41, 5.74) is 5.22. The van der Waals surface area contributed by atoms with E-state index >= 15 is 0 Å². The van der Waals surface area contributed by atoms with Crippen LogP contribution in [0.15, 0.2) is 78.9 Å². The number of hydrogen-bond donors (Lipinski definition) is 1. The Morgan fingerprint density at radius 3 is 2.25 bits per heavy atom. The van der Waals surface area contributed by atoms with E-state index in [1.807, 2.05) is 42.5 Å². The van der Waals surface area contributed by atoms with Gasteiger partial charge in [-0.15, -0.1) is 0 Å². The molecule has 2 amide bonds. The minimum absolute atomic E-state index is 0.124. The normalized spacial score (nSPS) is 16.7. The third kappa shape index (κ3) is 6.14. The third-order valence-corrected chi connectivity index (χ3v) is 6.66. The van der Waals surface area contributed by atoms with Gasteiger partial charge in [0.15, 0.2) is 0 Å². The van der Waals surface area contributed by atoms with Gasteiger partial charge in [0.05, 0.1) is 6.04 Å². The first-order chi connectivity index (χ1) is 17.7. The van der Waals surface area contributed by atoms with Gasteiger partial charge in [0.1, 0.15) is 6.61 Å². The van der Waals surface area contributed by atoms with E-state index in [4.69, 9.17) is 4.74 Å². The van der Waals surface area contributed by atoms with E-state index < -0.39 is 0 Å². The smallest absolute Gasteiger partial charge is 0.411 e. The summed E-state index contributed by atoms with van der Waals surface area (Å²) in [5.74, 6) is 6.90. The van der Waals surface area contributed by atoms with Gasteiger partial charge in [-0.25, -0.2) is 4.79 Å². The number of benzene rings is 3. The molecule has 0 spiro atoms. The number of carbonyl (C=O) groups is 2. The number of nitrogens with zero attached hydrogens (tertiary/aromatic N) is 1. The second-order valence-electron chi connectivity index (χ2n) is 9.43. The third-order valence-electron chi connectivity index (χ3n) is 6.66. The summed E-state index contributed by atoms with van der Waals surface area (Å²) in [7, 11) is 0. The Bertz CT molecular complexity index is 1250. The number of likely N-dealkylation sites (tertiary alicyclic amines) is 1. The largest absolute Gasteiger partial charge is 0.445 e. The molecule has 0 radical (unpaired) electrons.